The summed E-state index contributed by atoms with van der Waals surface area (Å²) in [6.45, 7) is 8.71. The number of hydrogen-bond acceptors (Lipinski definition) is 4. The number of amides is 1. The van der Waals surface area contributed by atoms with Crippen LogP contribution >= 0.6 is 0 Å². The second-order valence-electron chi connectivity index (χ2n) is 8.75. The third-order valence-corrected chi connectivity index (χ3v) is 6.49. The number of piperidine rings is 1. The molecule has 0 aliphatic carbocycles. The number of hydrogen-bond donors (Lipinski definition) is 0. The van der Waals surface area contributed by atoms with Gasteiger partial charge in [-0.05, 0) is 61.4 Å². The number of aryl methyl sites for hydroxylation is 1. The first-order chi connectivity index (χ1) is 14.7. The first-order valence-corrected chi connectivity index (χ1v) is 10.9. The first-order valence-electron chi connectivity index (χ1n) is 10.9. The fourth-order valence-corrected chi connectivity index (χ4v) is 4.40. The van der Waals surface area contributed by atoms with Crippen LogP contribution in [0.3, 0.4) is 0 Å². The summed E-state index contributed by atoms with van der Waals surface area (Å²) in [4.78, 5) is 41.0. The van der Waals surface area contributed by atoms with Crippen molar-refractivity contribution in [2.45, 2.75) is 52.9 Å². The van der Waals surface area contributed by atoms with Crippen molar-refractivity contribution in [2.75, 3.05) is 20.2 Å². The Morgan fingerprint density at radius 1 is 1.23 bits per heavy atom. The molecule has 6 nitrogen and oxygen atoms in total. The average Bonchev–Trinajstić information content (AvgIpc) is 2.78. The van der Waals surface area contributed by atoms with E-state index in [0.29, 0.717) is 37.3 Å². The molecule has 2 aromatic rings. The van der Waals surface area contributed by atoms with Crippen LogP contribution in [0.5, 0.6) is 0 Å². The maximum atomic E-state index is 13.5. The third kappa shape index (κ3) is 4.29. The molecule has 0 radical (unpaired) electrons. The monoisotopic (exact) mass is 424 g/mol. The maximum Gasteiger partial charge on any atom is 0.313 e. The molecule has 1 saturated heterocycles. The summed E-state index contributed by atoms with van der Waals surface area (Å²) in [5, 5.41) is 0. The Kier molecular flexibility index (Phi) is 6.68. The number of aromatic nitrogens is 1. The molecule has 0 N–H and O–H groups in total. The SMILES string of the molecule is CCC1(C(=O)OC)CCCN(C(=O)c2c(C)ccn(-c3cccc(C(C)C)c3)c2=O)C1. The summed E-state index contributed by atoms with van der Waals surface area (Å²) in [5.41, 5.74) is 1.61. The lowest BCUT2D eigenvalue weighted by atomic mass is 9.77. The number of likely N-dealkylation sites (tertiary alicyclic amines) is 1. The second-order valence-corrected chi connectivity index (χ2v) is 8.75. The highest BCUT2D eigenvalue weighted by molar-refractivity contribution is 5.96. The Morgan fingerprint density at radius 2 is 1.97 bits per heavy atom. The molecular weight excluding hydrogens is 392 g/mol. The summed E-state index contributed by atoms with van der Waals surface area (Å²) < 4.78 is 6.56. The molecule has 1 atom stereocenters. The molecule has 1 aliphatic heterocycles. The summed E-state index contributed by atoms with van der Waals surface area (Å²) in [6, 6.07) is 9.61. The van der Waals surface area contributed by atoms with Gasteiger partial charge in [0.1, 0.15) is 5.56 Å². The van der Waals surface area contributed by atoms with E-state index in [9.17, 15) is 14.4 Å². The number of esters is 1. The predicted octanol–water partition coefficient (Wildman–Crippen LogP) is 4.07. The van der Waals surface area contributed by atoms with Gasteiger partial charge in [-0.25, -0.2) is 0 Å². The zero-order valence-corrected chi connectivity index (χ0v) is 19.1. The fraction of sp³-hybridized carbons (Fsp3) is 0.480. The standard InChI is InChI=1S/C25H32N2O4/c1-6-25(24(30)31-5)12-8-13-26(16-25)22(28)21-18(4)11-14-27(23(21)29)20-10-7-9-19(15-20)17(2)3/h7,9-11,14-15,17H,6,8,12-13,16H2,1-5H3. The van der Waals surface area contributed by atoms with Gasteiger partial charge in [0, 0.05) is 25.0 Å². The fourth-order valence-electron chi connectivity index (χ4n) is 4.40. The number of methoxy groups -OCH3 is 1. The van der Waals surface area contributed by atoms with Crippen molar-refractivity contribution in [1.82, 2.24) is 9.47 Å². The van der Waals surface area contributed by atoms with Gasteiger partial charge in [-0.3, -0.25) is 19.0 Å². The minimum absolute atomic E-state index is 0.161. The van der Waals surface area contributed by atoms with Crippen LogP contribution in [0.25, 0.3) is 5.69 Å². The van der Waals surface area contributed by atoms with Gasteiger partial charge in [-0.15, -0.1) is 0 Å². The van der Waals surface area contributed by atoms with Crippen molar-refractivity contribution in [3.8, 4) is 5.69 Å². The van der Waals surface area contributed by atoms with E-state index in [0.717, 1.165) is 11.3 Å². The Bertz CT molecular complexity index is 1040. The van der Waals surface area contributed by atoms with Crippen molar-refractivity contribution < 1.29 is 14.3 Å². The number of nitrogens with zero attached hydrogens (tertiary/aromatic N) is 2. The maximum absolute atomic E-state index is 13.5. The highest BCUT2D eigenvalue weighted by Gasteiger charge is 2.43. The van der Waals surface area contributed by atoms with E-state index in [-0.39, 0.29) is 29.5 Å². The second kappa shape index (κ2) is 9.08. The molecule has 1 unspecified atom stereocenters. The minimum atomic E-state index is -0.712. The van der Waals surface area contributed by atoms with Crippen LogP contribution in [0.1, 0.15) is 67.4 Å². The van der Waals surface area contributed by atoms with Crippen LogP contribution in [-0.4, -0.2) is 41.5 Å². The molecule has 0 saturated carbocycles. The van der Waals surface area contributed by atoms with Crippen molar-refractivity contribution in [3.63, 3.8) is 0 Å². The first kappa shape index (κ1) is 22.8. The highest BCUT2D eigenvalue weighted by atomic mass is 16.5. The Balaban J connectivity index is 2.01. The molecule has 1 aromatic carbocycles. The van der Waals surface area contributed by atoms with Crippen LogP contribution in [0.2, 0.25) is 0 Å². The van der Waals surface area contributed by atoms with E-state index in [1.807, 2.05) is 31.2 Å². The molecule has 166 valence electrons. The van der Waals surface area contributed by atoms with Gasteiger partial charge < -0.3 is 9.64 Å². The molecule has 1 aromatic heterocycles. The number of ether oxygens (including phenoxy) is 1. The number of carbonyl (C=O) groups excluding carboxylic acids is 2. The molecule has 0 bridgehead atoms. The van der Waals surface area contributed by atoms with E-state index in [1.54, 1.807) is 24.1 Å². The topological polar surface area (TPSA) is 68.6 Å². The lowest BCUT2D eigenvalue weighted by Crippen LogP contribution is -2.51. The van der Waals surface area contributed by atoms with Crippen LogP contribution in [0.4, 0.5) is 0 Å². The normalized spacial score (nSPS) is 18.8. The van der Waals surface area contributed by atoms with Crippen molar-refractivity contribution in [1.29, 1.82) is 0 Å². The molecule has 31 heavy (non-hydrogen) atoms. The van der Waals surface area contributed by atoms with Crippen LogP contribution in [-0.2, 0) is 9.53 Å². The van der Waals surface area contributed by atoms with E-state index in [1.165, 1.54) is 11.7 Å². The highest BCUT2D eigenvalue weighted by Crippen LogP contribution is 2.35. The zero-order valence-electron chi connectivity index (χ0n) is 19.1. The molecule has 1 fully saturated rings. The molecular formula is C25H32N2O4. The van der Waals surface area contributed by atoms with Crippen LogP contribution < -0.4 is 5.56 Å². The summed E-state index contributed by atoms with van der Waals surface area (Å²) in [7, 11) is 1.38. The summed E-state index contributed by atoms with van der Waals surface area (Å²) >= 11 is 0. The van der Waals surface area contributed by atoms with Crippen LogP contribution in [0.15, 0.2) is 41.3 Å². The Labute approximate surface area is 183 Å². The van der Waals surface area contributed by atoms with Gasteiger partial charge in [0.2, 0.25) is 0 Å². The summed E-state index contributed by atoms with van der Waals surface area (Å²) in [5.74, 6) is -0.283. The van der Waals surface area contributed by atoms with Crippen molar-refractivity contribution in [2.24, 2.45) is 5.41 Å². The summed E-state index contributed by atoms with van der Waals surface area (Å²) in [6.07, 6.45) is 3.68. The molecule has 1 aliphatic rings. The molecule has 0 spiro atoms. The Morgan fingerprint density at radius 3 is 2.61 bits per heavy atom. The molecule has 1 amide bonds. The number of pyridine rings is 1. The lowest BCUT2D eigenvalue weighted by molar-refractivity contribution is -0.156. The third-order valence-electron chi connectivity index (χ3n) is 6.49. The van der Waals surface area contributed by atoms with Gasteiger partial charge in [-0.1, -0.05) is 32.9 Å². The molecule has 2 heterocycles. The van der Waals surface area contributed by atoms with E-state index in [2.05, 4.69) is 13.8 Å². The van der Waals surface area contributed by atoms with Crippen molar-refractivity contribution in [3.05, 3.63) is 63.6 Å². The van der Waals surface area contributed by atoms with Gasteiger partial charge in [-0.2, -0.15) is 0 Å². The number of benzene rings is 1. The number of rotatable bonds is 5. The van der Waals surface area contributed by atoms with E-state index >= 15 is 0 Å². The zero-order chi connectivity index (χ0) is 22.8. The van der Waals surface area contributed by atoms with Crippen molar-refractivity contribution >= 4 is 11.9 Å². The smallest absolute Gasteiger partial charge is 0.313 e. The molecule has 3 rings (SSSR count). The quantitative estimate of drug-likeness (QED) is 0.679. The Hall–Kier alpha value is -2.89. The predicted molar refractivity (Wildman–Crippen MR) is 121 cm³/mol. The number of carbonyl (C=O) groups is 2. The van der Waals surface area contributed by atoms with E-state index in [4.69, 9.17) is 4.74 Å². The largest absolute Gasteiger partial charge is 0.469 e. The van der Waals surface area contributed by atoms with Gasteiger partial charge in [0.05, 0.1) is 12.5 Å². The van der Waals surface area contributed by atoms with Gasteiger partial charge in [0.15, 0.2) is 0 Å². The molecule has 6 heteroatoms. The van der Waals surface area contributed by atoms with Crippen LogP contribution in [0, 0.1) is 12.3 Å². The van der Waals surface area contributed by atoms with E-state index < -0.39 is 5.41 Å². The lowest BCUT2D eigenvalue weighted by Gasteiger charge is -2.40. The van der Waals surface area contributed by atoms with Gasteiger partial charge >= 0.3 is 5.97 Å². The van der Waals surface area contributed by atoms with Gasteiger partial charge in [0.25, 0.3) is 11.5 Å². The minimum Gasteiger partial charge on any atom is -0.469 e. The average molecular weight is 425 g/mol.